The van der Waals surface area contributed by atoms with Crippen molar-refractivity contribution in [2.24, 2.45) is 0 Å². The summed E-state index contributed by atoms with van der Waals surface area (Å²) in [6, 6.07) is 13.9. The van der Waals surface area contributed by atoms with Gasteiger partial charge in [-0.05, 0) is 55.2 Å². The van der Waals surface area contributed by atoms with Crippen LogP contribution in [0.5, 0.6) is 0 Å². The number of benzene rings is 2. The summed E-state index contributed by atoms with van der Waals surface area (Å²) in [4.78, 5) is 26.6. The molecule has 0 spiro atoms. The van der Waals surface area contributed by atoms with Crippen LogP contribution in [0.3, 0.4) is 0 Å². The standard InChI is InChI=1S/C21H21N3O5S2/c1-13-19(30-21(22-13)23-14(2)25)24(31(28)29)18-10-8-15(9-11-18)6-7-16-4-3-5-17(12-16)20(26)27/h3-5,8-12H,6-7H2,1-2H3,(H,26,27)(H,28,29)(H,22,23,25)/p-1. The average molecular weight is 459 g/mol. The fraction of sp³-hybridized carbons (Fsp3) is 0.190. The molecule has 0 aliphatic heterocycles. The number of carboxylic acid groups (broad SMARTS) is 1. The van der Waals surface area contributed by atoms with Gasteiger partial charge in [-0.1, -0.05) is 35.6 Å². The minimum absolute atomic E-state index is 0.250. The number of hydrogen-bond acceptors (Lipinski definition) is 6. The predicted molar refractivity (Wildman–Crippen MR) is 119 cm³/mol. The highest BCUT2D eigenvalue weighted by molar-refractivity contribution is 7.81. The number of aromatic carboxylic acids is 1. The minimum atomic E-state index is -2.58. The van der Waals surface area contributed by atoms with Gasteiger partial charge in [0, 0.05) is 6.92 Å². The molecule has 1 aromatic heterocycles. The number of rotatable bonds is 8. The maximum absolute atomic E-state index is 11.9. The van der Waals surface area contributed by atoms with E-state index in [0.717, 1.165) is 26.8 Å². The first-order valence-corrected chi connectivity index (χ1v) is 11.1. The second-order valence-corrected chi connectivity index (χ2v) is 8.55. The van der Waals surface area contributed by atoms with Crippen LogP contribution in [-0.4, -0.2) is 30.7 Å². The molecule has 1 heterocycles. The molecule has 0 aliphatic carbocycles. The number of amides is 1. The maximum Gasteiger partial charge on any atom is 0.335 e. The van der Waals surface area contributed by atoms with Gasteiger partial charge in [-0.15, -0.1) is 0 Å². The zero-order valence-electron chi connectivity index (χ0n) is 16.8. The molecule has 0 saturated carbocycles. The molecular formula is C21H20N3O5S2-. The number of carbonyl (C=O) groups is 2. The molecule has 8 nitrogen and oxygen atoms in total. The number of carbonyl (C=O) groups excluding carboxylic acids is 1. The molecule has 0 aliphatic rings. The van der Waals surface area contributed by atoms with E-state index in [2.05, 4.69) is 10.3 Å². The Kier molecular flexibility index (Phi) is 7.16. The Bertz CT molecular complexity index is 1130. The maximum atomic E-state index is 11.9. The van der Waals surface area contributed by atoms with Gasteiger partial charge < -0.3 is 15.0 Å². The van der Waals surface area contributed by atoms with Crippen molar-refractivity contribution in [3.63, 3.8) is 0 Å². The van der Waals surface area contributed by atoms with Gasteiger partial charge in [0.25, 0.3) is 0 Å². The lowest BCUT2D eigenvalue weighted by Crippen LogP contribution is -2.19. The molecule has 0 fully saturated rings. The number of nitrogens with zero attached hydrogens (tertiary/aromatic N) is 2. The molecule has 0 saturated heterocycles. The Morgan fingerprint density at radius 2 is 1.84 bits per heavy atom. The smallest absolute Gasteiger partial charge is 0.335 e. The normalized spacial score (nSPS) is 11.7. The van der Waals surface area contributed by atoms with Gasteiger partial charge in [-0.3, -0.25) is 13.3 Å². The second kappa shape index (κ2) is 9.82. The van der Waals surface area contributed by atoms with Crippen LogP contribution in [0, 0.1) is 6.92 Å². The van der Waals surface area contributed by atoms with Gasteiger partial charge in [0.1, 0.15) is 5.00 Å². The van der Waals surface area contributed by atoms with Crippen molar-refractivity contribution in [1.29, 1.82) is 0 Å². The van der Waals surface area contributed by atoms with Crippen LogP contribution in [0.25, 0.3) is 0 Å². The first-order valence-electron chi connectivity index (χ1n) is 9.30. The van der Waals surface area contributed by atoms with E-state index in [4.69, 9.17) is 5.11 Å². The monoisotopic (exact) mass is 458 g/mol. The summed E-state index contributed by atoms with van der Waals surface area (Å²) in [5.74, 6) is -1.25. The Morgan fingerprint density at radius 3 is 2.45 bits per heavy atom. The van der Waals surface area contributed by atoms with E-state index in [1.54, 1.807) is 37.3 Å². The van der Waals surface area contributed by atoms with Gasteiger partial charge in [0.2, 0.25) is 5.91 Å². The highest BCUT2D eigenvalue weighted by Gasteiger charge is 2.18. The van der Waals surface area contributed by atoms with Crippen LogP contribution in [0.4, 0.5) is 15.8 Å². The van der Waals surface area contributed by atoms with Crippen LogP contribution in [0.2, 0.25) is 0 Å². The number of hydrogen-bond donors (Lipinski definition) is 2. The number of aromatic nitrogens is 1. The number of thiazole rings is 1. The SMILES string of the molecule is CC(=O)Nc1nc(C)c(N(c2ccc(CCc3cccc(C(=O)O)c3)cc2)S(=O)[O-])s1. The lowest BCUT2D eigenvalue weighted by atomic mass is 10.0. The Morgan fingerprint density at radius 1 is 1.16 bits per heavy atom. The summed E-state index contributed by atoms with van der Waals surface area (Å²) in [6.07, 6.45) is 1.34. The van der Waals surface area contributed by atoms with Gasteiger partial charge in [-0.2, -0.15) is 0 Å². The van der Waals surface area contributed by atoms with Gasteiger partial charge in [0.15, 0.2) is 5.13 Å². The zero-order valence-corrected chi connectivity index (χ0v) is 18.5. The highest BCUT2D eigenvalue weighted by Crippen LogP contribution is 2.37. The topological polar surface area (TPSA) is 123 Å². The van der Waals surface area contributed by atoms with Crippen molar-refractivity contribution in [3.05, 3.63) is 70.9 Å². The fourth-order valence-electron chi connectivity index (χ4n) is 3.00. The molecule has 1 amide bonds. The molecule has 1 atom stereocenters. The largest absolute Gasteiger partial charge is 0.755 e. The number of nitrogens with one attached hydrogen (secondary N) is 1. The van der Waals surface area contributed by atoms with Crippen LogP contribution in [0.1, 0.15) is 34.1 Å². The molecule has 2 N–H and O–H groups in total. The van der Waals surface area contributed by atoms with Crippen molar-refractivity contribution >= 4 is 50.3 Å². The van der Waals surface area contributed by atoms with E-state index in [9.17, 15) is 18.4 Å². The summed E-state index contributed by atoms with van der Waals surface area (Å²) in [6.45, 7) is 3.03. The molecule has 10 heteroatoms. The molecule has 2 aromatic carbocycles. The average Bonchev–Trinajstić information content (AvgIpc) is 3.06. The Labute approximate surface area is 186 Å². The highest BCUT2D eigenvalue weighted by atomic mass is 32.2. The summed E-state index contributed by atoms with van der Waals surface area (Å²) in [5.41, 5.74) is 3.09. The molecule has 162 valence electrons. The molecular weight excluding hydrogens is 438 g/mol. The summed E-state index contributed by atoms with van der Waals surface area (Å²) in [5, 5.41) is 12.4. The molecule has 0 radical (unpaired) electrons. The third-order valence-electron chi connectivity index (χ3n) is 4.44. The fourth-order valence-corrected chi connectivity index (χ4v) is 4.80. The van der Waals surface area contributed by atoms with E-state index in [-0.39, 0.29) is 11.5 Å². The Hall–Kier alpha value is -3.08. The molecule has 1 unspecified atom stereocenters. The van der Waals surface area contributed by atoms with Crippen molar-refractivity contribution in [2.75, 3.05) is 9.62 Å². The lowest BCUT2D eigenvalue weighted by Gasteiger charge is -2.25. The van der Waals surface area contributed by atoms with E-state index in [1.807, 2.05) is 18.2 Å². The van der Waals surface area contributed by atoms with Gasteiger partial charge in [0.05, 0.1) is 28.2 Å². The van der Waals surface area contributed by atoms with Crippen molar-refractivity contribution in [2.45, 2.75) is 26.7 Å². The van der Waals surface area contributed by atoms with E-state index in [1.165, 1.54) is 6.92 Å². The van der Waals surface area contributed by atoms with Crippen molar-refractivity contribution in [1.82, 2.24) is 4.98 Å². The van der Waals surface area contributed by atoms with E-state index < -0.39 is 17.2 Å². The number of aryl methyl sites for hydroxylation is 3. The number of carboxylic acids is 1. The van der Waals surface area contributed by atoms with Crippen molar-refractivity contribution in [3.8, 4) is 0 Å². The zero-order chi connectivity index (χ0) is 22.5. The van der Waals surface area contributed by atoms with E-state index in [0.29, 0.717) is 34.4 Å². The third kappa shape index (κ3) is 5.75. The third-order valence-corrected chi connectivity index (χ3v) is 6.30. The van der Waals surface area contributed by atoms with Gasteiger partial charge in [-0.25, -0.2) is 9.78 Å². The van der Waals surface area contributed by atoms with Crippen LogP contribution >= 0.6 is 11.3 Å². The lowest BCUT2D eigenvalue weighted by molar-refractivity contribution is -0.114. The predicted octanol–water partition coefficient (Wildman–Crippen LogP) is 3.83. The van der Waals surface area contributed by atoms with Crippen molar-refractivity contribution < 1.29 is 23.5 Å². The summed E-state index contributed by atoms with van der Waals surface area (Å²) < 4.78 is 25.0. The summed E-state index contributed by atoms with van der Waals surface area (Å²) >= 11 is -1.50. The van der Waals surface area contributed by atoms with Crippen LogP contribution in [0.15, 0.2) is 48.5 Å². The second-order valence-electron chi connectivity index (χ2n) is 6.77. The Balaban J connectivity index is 1.76. The van der Waals surface area contributed by atoms with Crippen LogP contribution < -0.4 is 9.62 Å². The molecule has 0 bridgehead atoms. The summed E-state index contributed by atoms with van der Waals surface area (Å²) in [7, 11) is 0. The number of anilines is 3. The van der Waals surface area contributed by atoms with E-state index >= 15 is 0 Å². The molecule has 3 aromatic rings. The molecule has 3 rings (SSSR count). The van der Waals surface area contributed by atoms with Gasteiger partial charge >= 0.3 is 5.97 Å². The van der Waals surface area contributed by atoms with Crippen LogP contribution in [-0.2, 0) is 28.9 Å². The molecule has 31 heavy (non-hydrogen) atoms. The first-order chi connectivity index (χ1) is 14.7. The first kappa shape index (κ1) is 22.6. The minimum Gasteiger partial charge on any atom is -0.755 e. The quantitative estimate of drug-likeness (QED) is 0.495.